The number of carbonyl (C=O) groups is 2. The molecule has 0 saturated heterocycles. The number of ether oxygens (including phenoxy) is 1. The van der Waals surface area contributed by atoms with E-state index >= 15 is 0 Å². The number of nitrogens with one attached hydrogen (secondary N) is 1. The Balaban J connectivity index is 2.12. The SMILES string of the molecule is COc1cc(NC(=O)C2CC(C)CC2C(=O)O)ccc1Br. The van der Waals surface area contributed by atoms with Crippen LogP contribution in [0.3, 0.4) is 0 Å². The number of amides is 1. The summed E-state index contributed by atoms with van der Waals surface area (Å²) in [5, 5.41) is 12.0. The maximum absolute atomic E-state index is 12.3. The maximum atomic E-state index is 12.3. The van der Waals surface area contributed by atoms with Crippen molar-refractivity contribution in [1.82, 2.24) is 0 Å². The van der Waals surface area contributed by atoms with E-state index in [0.29, 0.717) is 24.3 Å². The Bertz CT molecular complexity index is 561. The van der Waals surface area contributed by atoms with Crippen LogP contribution in [0.25, 0.3) is 0 Å². The van der Waals surface area contributed by atoms with Crippen molar-refractivity contribution in [3.8, 4) is 5.75 Å². The molecule has 1 aromatic carbocycles. The van der Waals surface area contributed by atoms with Crippen LogP contribution in [0.1, 0.15) is 19.8 Å². The number of carbonyl (C=O) groups excluding carboxylic acids is 1. The molecule has 3 atom stereocenters. The molecule has 1 amide bonds. The third-order valence-corrected chi connectivity index (χ3v) is 4.53. The zero-order valence-electron chi connectivity index (χ0n) is 11.9. The molecular weight excluding hydrogens is 338 g/mol. The van der Waals surface area contributed by atoms with Crippen LogP contribution in [0, 0.1) is 17.8 Å². The molecule has 0 bridgehead atoms. The summed E-state index contributed by atoms with van der Waals surface area (Å²) in [7, 11) is 1.55. The average molecular weight is 356 g/mol. The molecule has 1 aliphatic carbocycles. The molecule has 0 aliphatic heterocycles. The Hall–Kier alpha value is -1.56. The van der Waals surface area contributed by atoms with Crippen molar-refractivity contribution in [3.05, 3.63) is 22.7 Å². The maximum Gasteiger partial charge on any atom is 0.307 e. The molecule has 5 nitrogen and oxygen atoms in total. The third kappa shape index (κ3) is 3.56. The predicted octanol–water partition coefficient (Wildman–Crippen LogP) is 3.14. The lowest BCUT2D eigenvalue weighted by Crippen LogP contribution is -2.29. The number of halogens is 1. The molecule has 114 valence electrons. The topological polar surface area (TPSA) is 75.6 Å². The zero-order chi connectivity index (χ0) is 15.6. The van der Waals surface area contributed by atoms with Crippen molar-refractivity contribution < 1.29 is 19.4 Å². The number of rotatable bonds is 4. The molecule has 0 heterocycles. The number of benzene rings is 1. The lowest BCUT2D eigenvalue weighted by atomic mass is 9.95. The van der Waals surface area contributed by atoms with E-state index in [1.165, 1.54) is 0 Å². The first-order valence-electron chi connectivity index (χ1n) is 6.79. The van der Waals surface area contributed by atoms with E-state index in [1.54, 1.807) is 25.3 Å². The Morgan fingerprint density at radius 1 is 1.33 bits per heavy atom. The monoisotopic (exact) mass is 355 g/mol. The van der Waals surface area contributed by atoms with E-state index in [-0.39, 0.29) is 11.8 Å². The summed E-state index contributed by atoms with van der Waals surface area (Å²) >= 11 is 3.34. The minimum atomic E-state index is -0.895. The van der Waals surface area contributed by atoms with E-state index in [1.807, 2.05) is 6.92 Å². The molecule has 1 saturated carbocycles. The number of aliphatic carboxylic acids is 1. The molecule has 21 heavy (non-hydrogen) atoms. The number of hydrogen-bond donors (Lipinski definition) is 2. The molecule has 0 aromatic heterocycles. The van der Waals surface area contributed by atoms with Gasteiger partial charge in [0, 0.05) is 11.8 Å². The van der Waals surface area contributed by atoms with Gasteiger partial charge in [0.25, 0.3) is 0 Å². The molecular formula is C15H18BrNO4. The highest BCUT2D eigenvalue weighted by Gasteiger charge is 2.41. The second-order valence-corrected chi connectivity index (χ2v) is 6.32. The zero-order valence-corrected chi connectivity index (χ0v) is 13.5. The van der Waals surface area contributed by atoms with Crippen LogP contribution >= 0.6 is 15.9 Å². The van der Waals surface area contributed by atoms with Gasteiger partial charge in [-0.3, -0.25) is 9.59 Å². The van der Waals surface area contributed by atoms with Gasteiger partial charge in [0.05, 0.1) is 23.4 Å². The van der Waals surface area contributed by atoms with Crippen LogP contribution in [0.5, 0.6) is 5.75 Å². The molecule has 1 aromatic rings. The molecule has 0 spiro atoms. The van der Waals surface area contributed by atoms with E-state index < -0.39 is 17.8 Å². The first-order valence-corrected chi connectivity index (χ1v) is 7.59. The summed E-state index contributed by atoms with van der Waals surface area (Å²) in [4.78, 5) is 23.6. The van der Waals surface area contributed by atoms with Crippen molar-refractivity contribution in [3.63, 3.8) is 0 Å². The van der Waals surface area contributed by atoms with Crippen molar-refractivity contribution in [2.24, 2.45) is 17.8 Å². The van der Waals surface area contributed by atoms with Crippen molar-refractivity contribution >= 4 is 33.5 Å². The Morgan fingerprint density at radius 3 is 2.62 bits per heavy atom. The fraction of sp³-hybridized carbons (Fsp3) is 0.467. The normalized spacial score (nSPS) is 24.6. The smallest absolute Gasteiger partial charge is 0.307 e. The largest absolute Gasteiger partial charge is 0.495 e. The molecule has 2 rings (SSSR count). The van der Waals surface area contributed by atoms with Crippen LogP contribution < -0.4 is 10.1 Å². The standard InChI is InChI=1S/C15H18BrNO4/c1-8-5-10(11(6-8)15(19)20)14(18)17-9-3-4-12(16)13(7-9)21-2/h3-4,7-8,10-11H,5-6H2,1-2H3,(H,17,18)(H,19,20). The van der Waals surface area contributed by atoms with E-state index in [4.69, 9.17) is 4.74 Å². The summed E-state index contributed by atoms with van der Waals surface area (Å²) in [6, 6.07) is 5.23. The first-order chi connectivity index (χ1) is 9.92. The van der Waals surface area contributed by atoms with Gasteiger partial charge in [-0.2, -0.15) is 0 Å². The number of carboxylic acids is 1. The minimum Gasteiger partial charge on any atom is -0.495 e. The highest BCUT2D eigenvalue weighted by molar-refractivity contribution is 9.10. The van der Waals surface area contributed by atoms with Crippen molar-refractivity contribution in [2.45, 2.75) is 19.8 Å². The van der Waals surface area contributed by atoms with Gasteiger partial charge in [-0.25, -0.2) is 0 Å². The van der Waals surface area contributed by atoms with Crippen LogP contribution in [0.4, 0.5) is 5.69 Å². The van der Waals surface area contributed by atoms with Gasteiger partial charge in [0.15, 0.2) is 0 Å². The minimum absolute atomic E-state index is 0.240. The van der Waals surface area contributed by atoms with Gasteiger partial charge in [-0.05, 0) is 46.8 Å². The second kappa shape index (κ2) is 6.47. The van der Waals surface area contributed by atoms with E-state index in [0.717, 1.165) is 4.47 Å². The van der Waals surface area contributed by atoms with Crippen molar-refractivity contribution in [1.29, 1.82) is 0 Å². The first kappa shape index (κ1) is 15.8. The Labute approximate surface area is 131 Å². The lowest BCUT2D eigenvalue weighted by molar-refractivity contribution is -0.145. The summed E-state index contributed by atoms with van der Waals surface area (Å²) < 4.78 is 5.97. The van der Waals surface area contributed by atoms with Crippen LogP contribution in [0.2, 0.25) is 0 Å². The summed E-state index contributed by atoms with van der Waals surface area (Å²) in [6.45, 7) is 1.98. The highest BCUT2D eigenvalue weighted by Crippen LogP contribution is 2.37. The molecule has 2 N–H and O–H groups in total. The lowest BCUT2D eigenvalue weighted by Gasteiger charge is -2.16. The average Bonchev–Trinajstić information content (AvgIpc) is 2.83. The van der Waals surface area contributed by atoms with Gasteiger partial charge in [0.1, 0.15) is 5.75 Å². The van der Waals surface area contributed by atoms with Gasteiger partial charge >= 0.3 is 5.97 Å². The van der Waals surface area contributed by atoms with E-state index in [9.17, 15) is 14.7 Å². The molecule has 6 heteroatoms. The summed E-state index contributed by atoms with van der Waals surface area (Å²) in [6.07, 6.45) is 1.16. The fourth-order valence-corrected chi connectivity index (χ4v) is 3.24. The molecule has 1 fully saturated rings. The number of hydrogen-bond acceptors (Lipinski definition) is 3. The Morgan fingerprint density at radius 2 is 2.00 bits per heavy atom. The molecule has 0 radical (unpaired) electrons. The van der Waals surface area contributed by atoms with Crippen LogP contribution in [-0.4, -0.2) is 24.1 Å². The molecule has 1 aliphatic rings. The third-order valence-electron chi connectivity index (χ3n) is 3.87. The van der Waals surface area contributed by atoms with Gasteiger partial charge in [-0.1, -0.05) is 6.92 Å². The van der Waals surface area contributed by atoms with Gasteiger partial charge < -0.3 is 15.2 Å². The van der Waals surface area contributed by atoms with Crippen LogP contribution in [-0.2, 0) is 9.59 Å². The summed E-state index contributed by atoms with van der Waals surface area (Å²) in [5.41, 5.74) is 0.601. The number of anilines is 1. The highest BCUT2D eigenvalue weighted by atomic mass is 79.9. The quantitative estimate of drug-likeness (QED) is 0.869. The van der Waals surface area contributed by atoms with Gasteiger partial charge in [-0.15, -0.1) is 0 Å². The number of carboxylic acid groups (broad SMARTS) is 1. The van der Waals surface area contributed by atoms with Gasteiger partial charge in [0.2, 0.25) is 5.91 Å². The van der Waals surface area contributed by atoms with Crippen molar-refractivity contribution in [2.75, 3.05) is 12.4 Å². The summed E-state index contributed by atoms with van der Waals surface area (Å²) in [5.74, 6) is -1.35. The fourth-order valence-electron chi connectivity index (χ4n) is 2.83. The second-order valence-electron chi connectivity index (χ2n) is 5.47. The number of methoxy groups -OCH3 is 1. The Kier molecular flexibility index (Phi) is 4.88. The van der Waals surface area contributed by atoms with E-state index in [2.05, 4.69) is 21.2 Å². The predicted molar refractivity (Wildman–Crippen MR) is 82.3 cm³/mol. The molecule has 3 unspecified atom stereocenters. The van der Waals surface area contributed by atoms with Crippen LogP contribution in [0.15, 0.2) is 22.7 Å².